The second kappa shape index (κ2) is 12.1. The summed E-state index contributed by atoms with van der Waals surface area (Å²) in [5.41, 5.74) is 0. The summed E-state index contributed by atoms with van der Waals surface area (Å²) in [6.07, 6.45) is 3.79. The molecule has 226 valence electrons. The molecule has 2 bridgehead atoms. The Morgan fingerprint density at radius 3 is 1.49 bits per heavy atom. The summed E-state index contributed by atoms with van der Waals surface area (Å²) >= 11 is 0. The van der Waals surface area contributed by atoms with Crippen LogP contribution in [0.4, 0.5) is 0 Å². The summed E-state index contributed by atoms with van der Waals surface area (Å²) in [5, 5.41) is -3.65. The maximum Gasteiger partial charge on any atom is 0.326 e. The van der Waals surface area contributed by atoms with Gasteiger partial charge in [0.25, 0.3) is 32.1 Å². The zero-order chi connectivity index (χ0) is 30.9. The molecule has 4 aliphatic rings. The second-order valence-electron chi connectivity index (χ2n) is 9.12. The minimum Gasteiger partial charge on any atom is -0.468 e. The van der Waals surface area contributed by atoms with Crippen molar-refractivity contribution in [3.05, 3.63) is 24.3 Å². The van der Waals surface area contributed by atoms with Gasteiger partial charge in [-0.05, 0) is 12.8 Å². The highest BCUT2D eigenvalue weighted by molar-refractivity contribution is 7.87. The summed E-state index contributed by atoms with van der Waals surface area (Å²) in [5.74, 6) is -5.58. The number of methoxy groups -OCH3 is 2. The minimum absolute atomic E-state index is 0.288. The van der Waals surface area contributed by atoms with E-state index in [4.69, 9.17) is 13.8 Å². The van der Waals surface area contributed by atoms with Gasteiger partial charge in [-0.1, -0.05) is 12.2 Å². The number of hydrogen-bond donors (Lipinski definition) is 2. The van der Waals surface area contributed by atoms with Gasteiger partial charge in [0.15, 0.2) is 10.5 Å². The molecule has 4 amide bonds. The largest absolute Gasteiger partial charge is 0.468 e. The fourth-order valence-electron chi connectivity index (χ4n) is 4.77. The van der Waals surface area contributed by atoms with Crippen molar-refractivity contribution in [3.8, 4) is 0 Å². The molecular formula is C22H26N2O15S2. The maximum atomic E-state index is 12.4. The lowest BCUT2D eigenvalue weighted by Crippen LogP contribution is -2.39. The van der Waals surface area contributed by atoms with E-state index in [9.17, 15) is 45.6 Å². The molecule has 6 unspecified atom stereocenters. The van der Waals surface area contributed by atoms with Gasteiger partial charge in [-0.25, -0.2) is 0 Å². The average Bonchev–Trinajstić information content (AvgIpc) is 3.64. The lowest BCUT2D eigenvalue weighted by Gasteiger charge is -2.19. The van der Waals surface area contributed by atoms with Crippen LogP contribution < -0.4 is 0 Å². The number of esters is 2. The molecule has 4 aliphatic heterocycles. The Kier molecular flexibility index (Phi) is 9.48. The zero-order valence-electron chi connectivity index (χ0n) is 21.5. The first-order valence-corrected chi connectivity index (χ1v) is 14.8. The van der Waals surface area contributed by atoms with Crippen molar-refractivity contribution in [2.45, 2.75) is 35.5 Å². The monoisotopic (exact) mass is 622 g/mol. The maximum absolute atomic E-state index is 12.4. The van der Waals surface area contributed by atoms with Gasteiger partial charge in [-0.3, -0.25) is 47.7 Å². The highest BCUT2D eigenvalue weighted by Gasteiger charge is 2.60. The number of nitrogens with zero attached hydrogens (tertiary/aromatic N) is 2. The number of rotatable bonds is 10. The fraction of sp³-hybridized carbons (Fsp3) is 0.545. The van der Waals surface area contributed by atoms with Crippen LogP contribution in [0.3, 0.4) is 0 Å². The summed E-state index contributed by atoms with van der Waals surface area (Å²) in [6, 6.07) is 0. The van der Waals surface area contributed by atoms with Crippen molar-refractivity contribution in [2.24, 2.45) is 11.8 Å². The van der Waals surface area contributed by atoms with E-state index < -0.39 is 103 Å². The van der Waals surface area contributed by atoms with Crippen molar-refractivity contribution in [1.82, 2.24) is 9.80 Å². The van der Waals surface area contributed by atoms with Crippen molar-refractivity contribution in [2.75, 3.05) is 27.3 Å². The van der Waals surface area contributed by atoms with Crippen molar-refractivity contribution >= 4 is 55.8 Å². The summed E-state index contributed by atoms with van der Waals surface area (Å²) in [6.45, 7) is -0.589. The molecule has 2 fully saturated rings. The Morgan fingerprint density at radius 1 is 0.780 bits per heavy atom. The second-order valence-corrected chi connectivity index (χ2v) is 12.3. The molecule has 0 aliphatic carbocycles. The molecule has 4 heterocycles. The van der Waals surface area contributed by atoms with Gasteiger partial charge in [0.1, 0.15) is 0 Å². The SMILES string of the molecule is COC(=O)C(CCN1C(=O)C2C3C=CC(O3)C2C1=O)S(=O)(=O)O.COC(=O)C(CCN1C(=O)C=CC1=O)S(=O)(=O)O. The van der Waals surface area contributed by atoms with Crippen LogP contribution in [0, 0.1) is 11.8 Å². The first-order valence-electron chi connectivity index (χ1n) is 11.8. The van der Waals surface area contributed by atoms with Gasteiger partial charge >= 0.3 is 11.9 Å². The molecule has 0 radical (unpaired) electrons. The molecule has 2 saturated heterocycles. The third-order valence-corrected chi connectivity index (χ3v) is 9.07. The van der Waals surface area contributed by atoms with Gasteiger partial charge in [0.2, 0.25) is 11.8 Å². The zero-order valence-corrected chi connectivity index (χ0v) is 23.1. The number of carbonyl (C=O) groups excluding carboxylic acids is 6. The molecule has 19 heteroatoms. The van der Waals surface area contributed by atoms with Crippen LogP contribution in [-0.4, -0.2) is 121 Å². The summed E-state index contributed by atoms with van der Waals surface area (Å²) in [4.78, 5) is 71.4. The summed E-state index contributed by atoms with van der Waals surface area (Å²) in [7, 11) is -7.39. The number of imide groups is 2. The van der Waals surface area contributed by atoms with E-state index in [1.54, 1.807) is 12.2 Å². The minimum atomic E-state index is -4.69. The first kappa shape index (κ1) is 32.0. The molecule has 2 N–H and O–H groups in total. The van der Waals surface area contributed by atoms with E-state index in [1.807, 2.05) is 0 Å². The van der Waals surface area contributed by atoms with Gasteiger partial charge in [-0.15, -0.1) is 0 Å². The van der Waals surface area contributed by atoms with Crippen LogP contribution >= 0.6 is 0 Å². The van der Waals surface area contributed by atoms with E-state index in [-0.39, 0.29) is 13.1 Å². The van der Waals surface area contributed by atoms with Crippen LogP contribution in [0.25, 0.3) is 0 Å². The lowest BCUT2D eigenvalue weighted by atomic mass is 9.85. The van der Waals surface area contributed by atoms with Crippen LogP contribution in [0.1, 0.15) is 12.8 Å². The van der Waals surface area contributed by atoms with Gasteiger partial charge in [-0.2, -0.15) is 16.8 Å². The number of ether oxygens (including phenoxy) is 3. The molecular weight excluding hydrogens is 596 g/mol. The van der Waals surface area contributed by atoms with Crippen LogP contribution in [0.2, 0.25) is 0 Å². The van der Waals surface area contributed by atoms with Crippen molar-refractivity contribution < 1.29 is 68.9 Å². The number of likely N-dealkylation sites (tertiary alicyclic amines) is 1. The topological polar surface area (TPSA) is 245 Å². The smallest absolute Gasteiger partial charge is 0.326 e. The molecule has 0 aromatic rings. The number of carbonyl (C=O) groups is 6. The number of amides is 4. The molecule has 17 nitrogen and oxygen atoms in total. The van der Waals surface area contributed by atoms with Gasteiger partial charge < -0.3 is 14.2 Å². The third kappa shape index (κ3) is 6.70. The molecule has 4 rings (SSSR count). The highest BCUT2D eigenvalue weighted by atomic mass is 32.2. The molecule has 0 aromatic heterocycles. The Balaban J connectivity index is 0.000000233. The van der Waals surface area contributed by atoms with Gasteiger partial charge in [0, 0.05) is 25.2 Å². The van der Waals surface area contributed by atoms with Crippen LogP contribution in [0.5, 0.6) is 0 Å². The molecule has 0 saturated carbocycles. The van der Waals surface area contributed by atoms with E-state index in [1.165, 1.54) is 0 Å². The Hall–Kier alpha value is -3.52. The molecule has 6 atom stereocenters. The standard InChI is InChI=1S/C13H15NO8S.C9H11NO7S/c1-21-13(17)8(23(18,19)20)4-5-14-11(15)9-6-2-3-7(22-6)10(9)12(14)16;1-17-9(13)6(18(14,15)16)4-5-10-7(11)2-3-8(10)12/h2-3,6-10H,4-5H2,1H3,(H,18,19,20);2-3,6H,4-5H2,1H3,(H,14,15,16). The fourth-order valence-corrected chi connectivity index (χ4v) is 6.25. The van der Waals surface area contributed by atoms with Crippen LogP contribution in [-0.2, 0) is 63.2 Å². The Morgan fingerprint density at radius 2 is 1.15 bits per heavy atom. The normalized spacial score (nSPS) is 26.1. The summed E-state index contributed by atoms with van der Waals surface area (Å²) < 4.78 is 76.4. The predicted octanol–water partition coefficient (Wildman–Crippen LogP) is -2.52. The van der Waals surface area contributed by atoms with Crippen LogP contribution in [0.15, 0.2) is 24.3 Å². The first-order chi connectivity index (χ1) is 19.0. The number of hydrogen-bond acceptors (Lipinski definition) is 13. The average molecular weight is 623 g/mol. The predicted molar refractivity (Wildman–Crippen MR) is 131 cm³/mol. The lowest BCUT2D eigenvalue weighted by molar-refractivity contribution is -0.145. The molecule has 0 aromatic carbocycles. The third-order valence-electron chi connectivity index (χ3n) is 6.78. The Bertz CT molecular complexity index is 1370. The van der Waals surface area contributed by atoms with E-state index in [0.717, 1.165) is 36.2 Å². The van der Waals surface area contributed by atoms with Crippen molar-refractivity contribution in [1.29, 1.82) is 0 Å². The van der Waals surface area contributed by atoms with Crippen molar-refractivity contribution in [3.63, 3.8) is 0 Å². The molecule has 0 spiro atoms. The van der Waals surface area contributed by atoms with E-state index in [2.05, 4.69) is 9.47 Å². The Labute approximate surface area is 233 Å². The van der Waals surface area contributed by atoms with Gasteiger partial charge in [0.05, 0.1) is 38.3 Å². The molecule has 41 heavy (non-hydrogen) atoms. The highest BCUT2D eigenvalue weighted by Crippen LogP contribution is 2.45. The van der Waals surface area contributed by atoms with E-state index in [0.29, 0.717) is 0 Å². The quantitative estimate of drug-likeness (QED) is 0.110. The van der Waals surface area contributed by atoms with E-state index >= 15 is 0 Å². The number of fused-ring (bicyclic) bond motifs is 5.